The molecular weight excluding hydrogens is 242 g/mol. The van der Waals surface area contributed by atoms with Crippen molar-refractivity contribution in [3.63, 3.8) is 0 Å². The van der Waals surface area contributed by atoms with Crippen LogP contribution in [-0.4, -0.2) is 13.2 Å². The molecule has 0 aliphatic rings. The molecule has 78 valence electrons. The number of halogens is 1. The van der Waals surface area contributed by atoms with Crippen molar-refractivity contribution in [2.45, 2.75) is 26.5 Å². The van der Waals surface area contributed by atoms with E-state index in [0.29, 0.717) is 0 Å². The van der Waals surface area contributed by atoms with E-state index in [-0.39, 0.29) is 6.10 Å². The van der Waals surface area contributed by atoms with Gasteiger partial charge in [-0.3, -0.25) is 0 Å². The Morgan fingerprint density at radius 3 is 2.71 bits per heavy atom. The van der Waals surface area contributed by atoms with Crippen molar-refractivity contribution in [3.05, 3.63) is 28.2 Å². The summed E-state index contributed by atoms with van der Waals surface area (Å²) in [4.78, 5) is 0. The number of ether oxygens (including phenoxy) is 1. The van der Waals surface area contributed by atoms with Crippen LogP contribution in [0.5, 0.6) is 5.75 Å². The van der Waals surface area contributed by atoms with Crippen LogP contribution in [0.1, 0.15) is 19.4 Å². The molecule has 0 fully saturated rings. The number of hydrogen-bond donors (Lipinski definition) is 1. The van der Waals surface area contributed by atoms with E-state index in [9.17, 15) is 0 Å². The van der Waals surface area contributed by atoms with E-state index in [1.54, 1.807) is 0 Å². The molecule has 0 heterocycles. The molecule has 3 heteroatoms. The maximum atomic E-state index is 5.71. The van der Waals surface area contributed by atoms with Crippen molar-refractivity contribution in [2.24, 2.45) is 0 Å². The molecule has 0 saturated heterocycles. The van der Waals surface area contributed by atoms with Crippen LogP contribution in [-0.2, 0) is 6.54 Å². The van der Waals surface area contributed by atoms with Crippen molar-refractivity contribution >= 4 is 15.9 Å². The van der Waals surface area contributed by atoms with Gasteiger partial charge in [-0.2, -0.15) is 0 Å². The first-order valence-electron chi connectivity index (χ1n) is 4.73. The van der Waals surface area contributed by atoms with Gasteiger partial charge in [0.15, 0.2) is 0 Å². The van der Waals surface area contributed by atoms with Gasteiger partial charge in [0.2, 0.25) is 0 Å². The third kappa shape index (κ3) is 3.31. The highest BCUT2D eigenvalue weighted by Gasteiger charge is 2.05. The molecule has 0 unspecified atom stereocenters. The van der Waals surface area contributed by atoms with E-state index in [1.807, 2.05) is 33.0 Å². The summed E-state index contributed by atoms with van der Waals surface area (Å²) in [5.41, 5.74) is 1.18. The van der Waals surface area contributed by atoms with Gasteiger partial charge in [-0.25, -0.2) is 0 Å². The maximum absolute atomic E-state index is 5.71. The second-order valence-electron chi connectivity index (χ2n) is 3.45. The van der Waals surface area contributed by atoms with Gasteiger partial charge in [-0.15, -0.1) is 0 Å². The standard InChI is InChI=1S/C11H16BrNO/c1-8(2)14-11-6-10(12)5-4-9(11)7-13-3/h4-6,8,13H,7H2,1-3H3. The number of benzene rings is 1. The van der Waals surface area contributed by atoms with Crippen LogP contribution in [0.25, 0.3) is 0 Å². The minimum Gasteiger partial charge on any atom is -0.491 e. The van der Waals surface area contributed by atoms with Gasteiger partial charge < -0.3 is 10.1 Å². The molecule has 0 aliphatic heterocycles. The molecule has 1 N–H and O–H groups in total. The average molecular weight is 258 g/mol. The lowest BCUT2D eigenvalue weighted by atomic mass is 10.2. The second kappa shape index (κ2) is 5.37. The smallest absolute Gasteiger partial charge is 0.125 e. The lowest BCUT2D eigenvalue weighted by molar-refractivity contribution is 0.239. The lowest BCUT2D eigenvalue weighted by Gasteiger charge is -2.14. The molecule has 0 bridgehead atoms. The SMILES string of the molecule is CNCc1ccc(Br)cc1OC(C)C. The zero-order valence-electron chi connectivity index (χ0n) is 8.80. The Kier molecular flexibility index (Phi) is 4.42. The Bertz CT molecular complexity index is 299. The number of nitrogens with one attached hydrogen (secondary N) is 1. The summed E-state index contributed by atoms with van der Waals surface area (Å²) >= 11 is 3.44. The summed E-state index contributed by atoms with van der Waals surface area (Å²) in [6.45, 7) is 4.89. The highest BCUT2D eigenvalue weighted by molar-refractivity contribution is 9.10. The van der Waals surface area contributed by atoms with Crippen molar-refractivity contribution in [1.29, 1.82) is 0 Å². The molecule has 0 aromatic heterocycles. The minimum atomic E-state index is 0.208. The van der Waals surface area contributed by atoms with Crippen molar-refractivity contribution in [3.8, 4) is 5.75 Å². The first-order chi connectivity index (χ1) is 6.63. The molecule has 2 nitrogen and oxygen atoms in total. The fraction of sp³-hybridized carbons (Fsp3) is 0.455. The number of hydrogen-bond acceptors (Lipinski definition) is 2. The third-order valence-corrected chi connectivity index (χ3v) is 2.25. The topological polar surface area (TPSA) is 21.3 Å². The predicted octanol–water partition coefficient (Wildman–Crippen LogP) is 2.96. The van der Waals surface area contributed by atoms with Crippen LogP contribution in [0.2, 0.25) is 0 Å². The molecule has 14 heavy (non-hydrogen) atoms. The molecule has 0 saturated carbocycles. The van der Waals surface area contributed by atoms with E-state index in [4.69, 9.17) is 4.74 Å². The van der Waals surface area contributed by atoms with Gasteiger partial charge >= 0.3 is 0 Å². The Morgan fingerprint density at radius 2 is 2.14 bits per heavy atom. The van der Waals surface area contributed by atoms with Gasteiger partial charge in [0.1, 0.15) is 5.75 Å². The van der Waals surface area contributed by atoms with Crippen LogP contribution in [0.15, 0.2) is 22.7 Å². The van der Waals surface area contributed by atoms with Crippen molar-refractivity contribution < 1.29 is 4.74 Å². The van der Waals surface area contributed by atoms with E-state index in [0.717, 1.165) is 16.8 Å². The monoisotopic (exact) mass is 257 g/mol. The summed E-state index contributed by atoms with van der Waals surface area (Å²) in [5.74, 6) is 0.948. The highest BCUT2D eigenvalue weighted by Crippen LogP contribution is 2.24. The first-order valence-corrected chi connectivity index (χ1v) is 5.52. The summed E-state index contributed by atoms with van der Waals surface area (Å²) in [7, 11) is 1.93. The van der Waals surface area contributed by atoms with Crippen LogP contribution < -0.4 is 10.1 Å². The molecule has 0 radical (unpaired) electrons. The first kappa shape index (κ1) is 11.5. The summed E-state index contributed by atoms with van der Waals surface area (Å²) in [6.07, 6.45) is 0.208. The Morgan fingerprint density at radius 1 is 1.43 bits per heavy atom. The lowest BCUT2D eigenvalue weighted by Crippen LogP contribution is -2.11. The van der Waals surface area contributed by atoms with Gasteiger partial charge in [0.25, 0.3) is 0 Å². The van der Waals surface area contributed by atoms with Gasteiger partial charge in [-0.05, 0) is 33.0 Å². The van der Waals surface area contributed by atoms with Crippen LogP contribution in [0, 0.1) is 0 Å². The average Bonchev–Trinajstić information content (AvgIpc) is 2.09. The zero-order chi connectivity index (χ0) is 10.6. The van der Waals surface area contributed by atoms with Crippen LogP contribution in [0.4, 0.5) is 0 Å². The van der Waals surface area contributed by atoms with Crippen LogP contribution >= 0.6 is 15.9 Å². The fourth-order valence-electron chi connectivity index (χ4n) is 1.23. The van der Waals surface area contributed by atoms with E-state index in [1.165, 1.54) is 5.56 Å². The predicted molar refractivity (Wildman–Crippen MR) is 62.7 cm³/mol. The van der Waals surface area contributed by atoms with Crippen molar-refractivity contribution in [1.82, 2.24) is 5.32 Å². The summed E-state index contributed by atoms with van der Waals surface area (Å²) in [5, 5.41) is 3.12. The Balaban J connectivity index is 2.90. The summed E-state index contributed by atoms with van der Waals surface area (Å²) < 4.78 is 6.76. The third-order valence-electron chi connectivity index (χ3n) is 1.76. The van der Waals surface area contributed by atoms with Crippen LogP contribution in [0.3, 0.4) is 0 Å². The van der Waals surface area contributed by atoms with Gasteiger partial charge in [0, 0.05) is 16.6 Å². The quantitative estimate of drug-likeness (QED) is 0.896. The Hall–Kier alpha value is -0.540. The van der Waals surface area contributed by atoms with Crippen molar-refractivity contribution in [2.75, 3.05) is 7.05 Å². The molecule has 0 atom stereocenters. The molecule has 0 amide bonds. The minimum absolute atomic E-state index is 0.208. The largest absolute Gasteiger partial charge is 0.491 e. The van der Waals surface area contributed by atoms with E-state index < -0.39 is 0 Å². The summed E-state index contributed by atoms with van der Waals surface area (Å²) in [6, 6.07) is 6.10. The molecule has 1 rings (SSSR count). The number of rotatable bonds is 4. The van der Waals surface area contributed by atoms with Gasteiger partial charge in [-0.1, -0.05) is 22.0 Å². The molecule has 0 spiro atoms. The highest BCUT2D eigenvalue weighted by atomic mass is 79.9. The van der Waals surface area contributed by atoms with E-state index in [2.05, 4.69) is 27.3 Å². The normalized spacial score (nSPS) is 10.6. The molecule has 1 aromatic rings. The fourth-order valence-corrected chi connectivity index (χ4v) is 1.57. The maximum Gasteiger partial charge on any atom is 0.125 e. The molecular formula is C11H16BrNO. The Labute approximate surface area is 93.8 Å². The van der Waals surface area contributed by atoms with E-state index >= 15 is 0 Å². The van der Waals surface area contributed by atoms with Gasteiger partial charge in [0.05, 0.1) is 6.10 Å². The second-order valence-corrected chi connectivity index (χ2v) is 4.36. The molecule has 0 aliphatic carbocycles. The zero-order valence-corrected chi connectivity index (χ0v) is 10.4. The molecule has 1 aromatic carbocycles.